The molecule has 0 aromatic rings. The number of hydrogen-bond acceptors (Lipinski definition) is 7. The summed E-state index contributed by atoms with van der Waals surface area (Å²) in [5.74, 6) is -0.338. The van der Waals surface area contributed by atoms with Crippen molar-refractivity contribution in [2.75, 3.05) is 54.1 Å². The molecule has 0 fully saturated rings. The van der Waals surface area contributed by atoms with E-state index in [0.29, 0.717) is 24.1 Å². The van der Waals surface area contributed by atoms with Gasteiger partial charge in [-0.2, -0.15) is 0 Å². The summed E-state index contributed by atoms with van der Waals surface area (Å²) in [7, 11) is 1.35. The van der Waals surface area contributed by atoms with Crippen LogP contribution in [0, 0.1) is 0 Å². The molecule has 0 aliphatic carbocycles. The van der Waals surface area contributed by atoms with Crippen LogP contribution in [0.5, 0.6) is 0 Å². The third-order valence-electron chi connectivity index (χ3n) is 11.7. The molecule has 0 aromatic heterocycles. The van der Waals surface area contributed by atoms with Gasteiger partial charge in [0, 0.05) is 13.0 Å². The first-order chi connectivity index (χ1) is 32.6. The Morgan fingerprint density at radius 1 is 0.478 bits per heavy atom. The lowest BCUT2D eigenvalue weighted by Crippen LogP contribution is -2.37. The Morgan fingerprint density at radius 2 is 0.866 bits per heavy atom. The van der Waals surface area contributed by atoms with E-state index in [9.17, 15) is 14.3 Å². The standard InChI is InChI=1S/C58H106NO7P/c1-6-8-10-12-14-16-18-20-22-24-26-28-30-31-33-35-37-39-41-43-45-47-49-51-58(60)66-57(56-65-67(61,62)64-54-52-59(3,4)5)55-63-53-50-48-46-44-42-40-38-36-34-32-29-27-25-23-21-19-17-15-13-11-9-7-2/h9,11,15,17-18,20-21,23-24,26-27,29,57H,6-8,10,12-14,16,19,22,25,28,30-56H2,1-5H3/b11-9-,17-15-,20-18-,23-21-,26-24-,29-27-. The summed E-state index contributed by atoms with van der Waals surface area (Å²) in [5, 5.41) is 0. The summed E-state index contributed by atoms with van der Waals surface area (Å²) in [6, 6.07) is 0. The predicted octanol–water partition coefficient (Wildman–Crippen LogP) is 16.8. The van der Waals surface area contributed by atoms with Crippen LogP contribution in [0.3, 0.4) is 0 Å². The van der Waals surface area contributed by atoms with Crippen LogP contribution in [0.2, 0.25) is 0 Å². The molecule has 9 heteroatoms. The molecule has 0 saturated heterocycles. The molecular formula is C58H106NO7P. The van der Waals surface area contributed by atoms with Gasteiger partial charge >= 0.3 is 5.97 Å². The second-order valence-corrected chi connectivity index (χ2v) is 21.0. The number of rotatable bonds is 51. The second-order valence-electron chi connectivity index (χ2n) is 19.6. The Bertz CT molecular complexity index is 1300. The monoisotopic (exact) mass is 960 g/mol. The maximum Gasteiger partial charge on any atom is 0.306 e. The number of hydrogen-bond donors (Lipinski definition) is 0. The average molecular weight is 960 g/mol. The van der Waals surface area contributed by atoms with E-state index in [1.807, 2.05) is 21.1 Å². The van der Waals surface area contributed by atoms with Crippen molar-refractivity contribution < 1.29 is 37.3 Å². The maximum absolute atomic E-state index is 12.8. The van der Waals surface area contributed by atoms with Crippen molar-refractivity contribution in [2.45, 2.75) is 238 Å². The minimum atomic E-state index is -4.54. The van der Waals surface area contributed by atoms with Gasteiger partial charge in [0.1, 0.15) is 19.3 Å². The van der Waals surface area contributed by atoms with Crippen molar-refractivity contribution in [1.82, 2.24) is 0 Å². The van der Waals surface area contributed by atoms with E-state index in [2.05, 4.69) is 86.8 Å². The SMILES string of the molecule is CC/C=C\C/C=C\C/C=C\C/C=C\CCCCCCCCCCCOCC(COP(=O)([O-])OCC[N+](C)(C)C)OC(=O)CCCCCCCCCCCCC/C=C\C/C=C\CCCCCCC. The Balaban J connectivity index is 4.12. The smallest absolute Gasteiger partial charge is 0.306 e. The lowest BCUT2D eigenvalue weighted by Gasteiger charge is -2.28. The summed E-state index contributed by atoms with van der Waals surface area (Å²) in [5.41, 5.74) is 0. The van der Waals surface area contributed by atoms with Crippen LogP contribution in [-0.4, -0.2) is 70.7 Å². The molecule has 0 spiro atoms. The molecule has 67 heavy (non-hydrogen) atoms. The normalized spacial score (nSPS) is 14.1. The van der Waals surface area contributed by atoms with E-state index in [0.717, 1.165) is 64.2 Å². The van der Waals surface area contributed by atoms with E-state index in [1.54, 1.807) is 0 Å². The van der Waals surface area contributed by atoms with Crippen molar-refractivity contribution in [2.24, 2.45) is 0 Å². The molecule has 0 N–H and O–H groups in total. The zero-order valence-corrected chi connectivity index (χ0v) is 45.2. The highest BCUT2D eigenvalue weighted by Crippen LogP contribution is 2.38. The fourth-order valence-corrected chi connectivity index (χ4v) is 8.24. The zero-order chi connectivity index (χ0) is 49.0. The van der Waals surface area contributed by atoms with Crippen LogP contribution >= 0.6 is 7.82 Å². The van der Waals surface area contributed by atoms with E-state index >= 15 is 0 Å². The van der Waals surface area contributed by atoms with Gasteiger partial charge in [-0.1, -0.05) is 215 Å². The third-order valence-corrected chi connectivity index (χ3v) is 12.7. The molecule has 0 saturated carbocycles. The number of esters is 1. The van der Waals surface area contributed by atoms with Crippen molar-refractivity contribution in [3.05, 3.63) is 72.9 Å². The number of likely N-dealkylation sites (N-methyl/N-ethyl adjacent to an activating group) is 1. The molecular weight excluding hydrogens is 854 g/mol. The molecule has 0 amide bonds. The van der Waals surface area contributed by atoms with Gasteiger partial charge in [-0.15, -0.1) is 0 Å². The van der Waals surface area contributed by atoms with Gasteiger partial charge in [-0.3, -0.25) is 9.36 Å². The molecule has 0 aliphatic rings. The van der Waals surface area contributed by atoms with Crippen LogP contribution in [-0.2, 0) is 27.9 Å². The van der Waals surface area contributed by atoms with Gasteiger partial charge in [0.05, 0.1) is 34.4 Å². The molecule has 0 aliphatic heterocycles. The lowest BCUT2D eigenvalue weighted by atomic mass is 10.0. The molecule has 0 rings (SSSR count). The minimum absolute atomic E-state index is 0.0217. The largest absolute Gasteiger partial charge is 0.756 e. The molecule has 8 nitrogen and oxygen atoms in total. The number of carbonyl (C=O) groups is 1. The van der Waals surface area contributed by atoms with Crippen molar-refractivity contribution in [1.29, 1.82) is 0 Å². The molecule has 390 valence electrons. The van der Waals surface area contributed by atoms with E-state index in [1.165, 1.54) is 148 Å². The Hall–Kier alpha value is -2.06. The van der Waals surface area contributed by atoms with E-state index in [-0.39, 0.29) is 25.8 Å². The molecule has 0 bridgehead atoms. The maximum atomic E-state index is 12.8. The summed E-state index contributed by atoms with van der Waals surface area (Å²) in [4.78, 5) is 25.2. The molecule has 2 atom stereocenters. The zero-order valence-electron chi connectivity index (χ0n) is 44.3. The first kappa shape index (κ1) is 64.9. The summed E-state index contributed by atoms with van der Waals surface area (Å²) in [6.45, 7) is 5.29. The van der Waals surface area contributed by atoms with Gasteiger partial charge in [0.15, 0.2) is 0 Å². The fraction of sp³-hybridized carbons (Fsp3) is 0.776. The van der Waals surface area contributed by atoms with Crippen LogP contribution in [0.25, 0.3) is 0 Å². The third kappa shape index (κ3) is 54.7. The highest BCUT2D eigenvalue weighted by atomic mass is 31.2. The predicted molar refractivity (Wildman–Crippen MR) is 286 cm³/mol. The van der Waals surface area contributed by atoms with Crippen LogP contribution in [0.1, 0.15) is 232 Å². The Kier molecular flexibility index (Phi) is 48.8. The van der Waals surface area contributed by atoms with E-state index < -0.39 is 13.9 Å². The number of phosphoric ester groups is 1. The summed E-state index contributed by atoms with van der Waals surface area (Å²) < 4.78 is 34.8. The summed E-state index contributed by atoms with van der Waals surface area (Å²) in [6.07, 6.45) is 66.4. The average Bonchev–Trinajstić information content (AvgIpc) is 3.29. The van der Waals surface area contributed by atoms with E-state index in [4.69, 9.17) is 18.5 Å². The lowest BCUT2D eigenvalue weighted by molar-refractivity contribution is -0.870. The number of ether oxygens (including phenoxy) is 2. The van der Waals surface area contributed by atoms with Crippen LogP contribution < -0.4 is 4.89 Å². The topological polar surface area (TPSA) is 94.1 Å². The number of unbranched alkanes of at least 4 members (excludes halogenated alkanes) is 25. The number of carbonyl (C=O) groups excluding carboxylic acids is 1. The van der Waals surface area contributed by atoms with Gasteiger partial charge in [-0.25, -0.2) is 0 Å². The number of nitrogens with zero attached hydrogens (tertiary/aromatic N) is 1. The summed E-state index contributed by atoms with van der Waals surface area (Å²) >= 11 is 0. The van der Waals surface area contributed by atoms with Gasteiger partial charge in [0.2, 0.25) is 0 Å². The highest BCUT2D eigenvalue weighted by molar-refractivity contribution is 7.45. The molecule has 2 unspecified atom stereocenters. The van der Waals surface area contributed by atoms with Gasteiger partial charge < -0.3 is 27.9 Å². The first-order valence-electron chi connectivity index (χ1n) is 27.7. The highest BCUT2D eigenvalue weighted by Gasteiger charge is 2.20. The first-order valence-corrected chi connectivity index (χ1v) is 29.1. The van der Waals surface area contributed by atoms with Crippen LogP contribution in [0.15, 0.2) is 72.9 Å². The fourth-order valence-electron chi connectivity index (χ4n) is 7.51. The Morgan fingerprint density at radius 3 is 1.30 bits per heavy atom. The van der Waals surface area contributed by atoms with Gasteiger partial charge in [-0.05, 0) is 83.5 Å². The molecule has 0 heterocycles. The number of allylic oxidation sites excluding steroid dienone is 12. The van der Waals surface area contributed by atoms with Crippen LogP contribution in [0.4, 0.5) is 0 Å². The molecule has 0 radical (unpaired) electrons. The van der Waals surface area contributed by atoms with Crippen molar-refractivity contribution in [3.8, 4) is 0 Å². The Labute approximate surface area is 414 Å². The minimum Gasteiger partial charge on any atom is -0.756 e. The quantitative estimate of drug-likeness (QED) is 0.0197. The number of phosphoric acid groups is 1. The van der Waals surface area contributed by atoms with Gasteiger partial charge in [0.25, 0.3) is 7.82 Å². The number of quaternary nitrogens is 1. The molecule has 0 aromatic carbocycles. The second kappa shape index (κ2) is 50.3. The van der Waals surface area contributed by atoms with Crippen molar-refractivity contribution >= 4 is 13.8 Å². The van der Waals surface area contributed by atoms with Crippen molar-refractivity contribution in [3.63, 3.8) is 0 Å².